The maximum Gasteiger partial charge on any atom is 0.243 e. The van der Waals surface area contributed by atoms with Crippen LogP contribution < -0.4 is 15.0 Å². The van der Waals surface area contributed by atoms with Crippen LogP contribution in [0.3, 0.4) is 0 Å². The zero-order valence-corrected chi connectivity index (χ0v) is 22.7. The standard InChI is InChI=1S/C26H30N4O5S2/c1-4-35-20-5-7-22-24(15-20)36-26(27-22)28-25(32)18-9-11-29(12-10-18)37(33,34)21-6-8-23-19(14-21)13-16(2)30(23)17(3)31/h5-8,14-16,18H,4,9-13H2,1-3H3,(H,27,28,32). The van der Waals surface area contributed by atoms with Gasteiger partial charge in [0.05, 0.1) is 21.7 Å². The normalized spacial score (nSPS) is 18.7. The second-order valence-corrected chi connectivity index (χ2v) is 12.5. The van der Waals surface area contributed by atoms with Gasteiger partial charge in [-0.15, -0.1) is 0 Å². The maximum absolute atomic E-state index is 13.4. The molecule has 3 aromatic rings. The number of carbonyl (C=O) groups is 2. The lowest BCUT2D eigenvalue weighted by molar-refractivity contribution is -0.121. The number of piperidine rings is 1. The largest absolute Gasteiger partial charge is 0.494 e. The van der Waals surface area contributed by atoms with E-state index in [1.807, 2.05) is 32.0 Å². The minimum Gasteiger partial charge on any atom is -0.494 e. The molecule has 1 N–H and O–H groups in total. The molecule has 37 heavy (non-hydrogen) atoms. The van der Waals surface area contributed by atoms with Crippen molar-refractivity contribution in [3.63, 3.8) is 0 Å². The van der Waals surface area contributed by atoms with Crippen LogP contribution in [0, 0.1) is 5.92 Å². The smallest absolute Gasteiger partial charge is 0.243 e. The number of hydrogen-bond donors (Lipinski definition) is 1. The zero-order valence-electron chi connectivity index (χ0n) is 21.1. The molecule has 0 spiro atoms. The third-order valence-electron chi connectivity index (χ3n) is 6.97. The molecule has 9 nitrogen and oxygen atoms in total. The molecule has 0 radical (unpaired) electrons. The molecule has 0 saturated carbocycles. The number of thiazole rings is 1. The van der Waals surface area contributed by atoms with E-state index in [2.05, 4.69) is 10.3 Å². The summed E-state index contributed by atoms with van der Waals surface area (Å²) in [4.78, 5) is 31.3. The predicted octanol–water partition coefficient (Wildman–Crippen LogP) is 4.03. The first-order valence-corrected chi connectivity index (χ1v) is 14.7. The number of fused-ring (bicyclic) bond motifs is 2. The summed E-state index contributed by atoms with van der Waals surface area (Å²) in [5, 5.41) is 3.43. The van der Waals surface area contributed by atoms with E-state index >= 15 is 0 Å². The molecule has 1 atom stereocenters. The van der Waals surface area contributed by atoms with E-state index in [4.69, 9.17) is 4.74 Å². The number of sulfonamides is 1. The minimum atomic E-state index is -3.70. The Balaban J connectivity index is 1.22. The molecule has 0 bridgehead atoms. The SMILES string of the molecule is CCOc1ccc2nc(NC(=O)C3CCN(S(=O)(=O)c4ccc5c(c4)CC(C)N5C(C)=O)CC3)sc2c1. The zero-order chi connectivity index (χ0) is 26.3. The Morgan fingerprint density at radius 1 is 1.16 bits per heavy atom. The highest BCUT2D eigenvalue weighted by Crippen LogP contribution is 2.35. The molecule has 11 heteroatoms. The van der Waals surface area contributed by atoms with Crippen LogP contribution in [0.4, 0.5) is 10.8 Å². The lowest BCUT2D eigenvalue weighted by Crippen LogP contribution is -2.41. The molecule has 1 unspecified atom stereocenters. The van der Waals surface area contributed by atoms with Gasteiger partial charge in [-0.25, -0.2) is 13.4 Å². The second kappa shape index (κ2) is 10.0. The number of hydrogen-bond acceptors (Lipinski definition) is 7. The Labute approximate surface area is 220 Å². The fourth-order valence-corrected chi connectivity index (χ4v) is 7.60. The average molecular weight is 543 g/mol. The summed E-state index contributed by atoms with van der Waals surface area (Å²) in [7, 11) is -3.70. The van der Waals surface area contributed by atoms with E-state index in [1.54, 1.807) is 23.1 Å². The van der Waals surface area contributed by atoms with E-state index < -0.39 is 10.0 Å². The molecule has 2 aromatic carbocycles. The van der Waals surface area contributed by atoms with Gasteiger partial charge in [-0.2, -0.15) is 4.31 Å². The third kappa shape index (κ3) is 4.95. The Morgan fingerprint density at radius 3 is 2.62 bits per heavy atom. The molecule has 0 aliphatic carbocycles. The van der Waals surface area contributed by atoms with Crippen LogP contribution >= 0.6 is 11.3 Å². The van der Waals surface area contributed by atoms with Crippen LogP contribution in [-0.2, 0) is 26.0 Å². The summed E-state index contributed by atoms with van der Waals surface area (Å²) in [6, 6.07) is 10.6. The van der Waals surface area contributed by atoms with E-state index in [0.717, 1.165) is 27.2 Å². The Bertz CT molecular complexity index is 1460. The van der Waals surface area contributed by atoms with E-state index in [1.165, 1.54) is 22.6 Å². The van der Waals surface area contributed by atoms with Crippen LogP contribution in [-0.4, -0.2) is 55.3 Å². The van der Waals surface area contributed by atoms with Crippen molar-refractivity contribution in [2.45, 2.75) is 51.0 Å². The quantitative estimate of drug-likeness (QED) is 0.504. The Hall–Kier alpha value is -3.02. The summed E-state index contributed by atoms with van der Waals surface area (Å²) < 4.78 is 34.6. The minimum absolute atomic E-state index is 0.00173. The number of carbonyl (C=O) groups excluding carboxylic acids is 2. The third-order valence-corrected chi connectivity index (χ3v) is 9.80. The molecule has 1 aromatic heterocycles. The highest BCUT2D eigenvalue weighted by molar-refractivity contribution is 7.89. The van der Waals surface area contributed by atoms with Crippen LogP contribution in [0.2, 0.25) is 0 Å². The highest BCUT2D eigenvalue weighted by Gasteiger charge is 2.35. The van der Waals surface area contributed by atoms with Crippen molar-refractivity contribution in [1.29, 1.82) is 0 Å². The van der Waals surface area contributed by atoms with E-state index in [-0.39, 0.29) is 41.8 Å². The Kier molecular flexibility index (Phi) is 6.95. The van der Waals surface area contributed by atoms with Crippen molar-refractivity contribution in [2.24, 2.45) is 5.92 Å². The molecule has 2 amide bonds. The van der Waals surface area contributed by atoms with E-state index in [0.29, 0.717) is 31.0 Å². The van der Waals surface area contributed by atoms with Crippen molar-refractivity contribution in [3.8, 4) is 5.75 Å². The molecule has 2 aliphatic rings. The van der Waals surface area contributed by atoms with Gasteiger partial charge < -0.3 is 15.0 Å². The first-order chi connectivity index (χ1) is 17.7. The summed E-state index contributed by atoms with van der Waals surface area (Å²) in [5.41, 5.74) is 2.43. The Morgan fingerprint density at radius 2 is 1.92 bits per heavy atom. The fraction of sp³-hybridized carbons (Fsp3) is 0.423. The van der Waals surface area contributed by atoms with Crippen LogP contribution in [0.1, 0.15) is 39.2 Å². The van der Waals surface area contributed by atoms with Crippen LogP contribution in [0.25, 0.3) is 10.2 Å². The molecule has 5 rings (SSSR count). The van der Waals surface area contributed by atoms with Crippen molar-refractivity contribution in [2.75, 3.05) is 29.9 Å². The topological polar surface area (TPSA) is 109 Å². The van der Waals surface area contributed by atoms with Gasteiger partial charge in [0.2, 0.25) is 21.8 Å². The van der Waals surface area contributed by atoms with Crippen molar-refractivity contribution < 1.29 is 22.7 Å². The van der Waals surface area contributed by atoms with Gasteiger partial charge in [-0.3, -0.25) is 9.59 Å². The lowest BCUT2D eigenvalue weighted by atomic mass is 9.97. The first-order valence-electron chi connectivity index (χ1n) is 12.4. The van der Waals surface area contributed by atoms with Gasteiger partial charge in [-0.1, -0.05) is 11.3 Å². The van der Waals surface area contributed by atoms with Crippen LogP contribution in [0.15, 0.2) is 41.3 Å². The van der Waals surface area contributed by atoms with Gasteiger partial charge in [0.15, 0.2) is 5.13 Å². The predicted molar refractivity (Wildman–Crippen MR) is 144 cm³/mol. The molecular weight excluding hydrogens is 512 g/mol. The molecule has 1 saturated heterocycles. The maximum atomic E-state index is 13.4. The number of benzene rings is 2. The van der Waals surface area contributed by atoms with E-state index in [9.17, 15) is 18.0 Å². The van der Waals surface area contributed by atoms with Gasteiger partial charge in [0.1, 0.15) is 5.75 Å². The van der Waals surface area contributed by atoms with Gasteiger partial charge in [0.25, 0.3) is 0 Å². The number of amides is 2. The molecule has 2 aliphatic heterocycles. The van der Waals surface area contributed by atoms with Gasteiger partial charge in [0, 0.05) is 37.7 Å². The number of anilines is 2. The van der Waals surface area contributed by atoms with Crippen molar-refractivity contribution >= 4 is 54.2 Å². The van der Waals surface area contributed by atoms with Crippen molar-refractivity contribution in [3.05, 3.63) is 42.0 Å². The summed E-state index contributed by atoms with van der Waals surface area (Å²) >= 11 is 1.39. The number of nitrogens with one attached hydrogen (secondary N) is 1. The van der Waals surface area contributed by atoms with Gasteiger partial charge >= 0.3 is 0 Å². The molecular formula is C26H30N4O5S2. The average Bonchev–Trinajstić information content (AvgIpc) is 3.42. The van der Waals surface area contributed by atoms with Gasteiger partial charge in [-0.05, 0) is 75.1 Å². The second-order valence-electron chi connectivity index (χ2n) is 9.48. The number of ether oxygens (including phenoxy) is 1. The summed E-state index contributed by atoms with van der Waals surface area (Å²) in [6.45, 7) is 6.51. The number of aromatic nitrogens is 1. The molecule has 3 heterocycles. The lowest BCUT2D eigenvalue weighted by Gasteiger charge is -2.30. The monoisotopic (exact) mass is 542 g/mol. The summed E-state index contributed by atoms with van der Waals surface area (Å²) in [6.07, 6.45) is 1.49. The highest BCUT2D eigenvalue weighted by atomic mass is 32.2. The molecule has 1 fully saturated rings. The summed E-state index contributed by atoms with van der Waals surface area (Å²) in [5.74, 6) is 0.280. The van der Waals surface area contributed by atoms with Crippen LogP contribution in [0.5, 0.6) is 5.75 Å². The first kappa shape index (κ1) is 25.6. The molecule has 196 valence electrons. The number of rotatable bonds is 6. The number of nitrogens with zero attached hydrogens (tertiary/aromatic N) is 3. The fourth-order valence-electron chi connectivity index (χ4n) is 5.18. The van der Waals surface area contributed by atoms with Crippen molar-refractivity contribution in [1.82, 2.24) is 9.29 Å².